The molecule has 0 saturated carbocycles. The number of halogens is 2. The van der Waals surface area contributed by atoms with Crippen molar-refractivity contribution in [3.8, 4) is 22.9 Å². The van der Waals surface area contributed by atoms with Crippen molar-refractivity contribution >= 4 is 27.6 Å². The second-order valence-electron chi connectivity index (χ2n) is 7.89. The normalized spacial score (nSPS) is 15.0. The number of esters is 1. The zero-order chi connectivity index (χ0) is 24.3. The van der Waals surface area contributed by atoms with Crippen LogP contribution in [0.2, 0.25) is 5.02 Å². The summed E-state index contributed by atoms with van der Waals surface area (Å²) in [5.41, 5.74) is 2.44. The summed E-state index contributed by atoms with van der Waals surface area (Å²) in [7, 11) is -3.83. The number of piperidine rings is 1. The fraction of sp³-hybridized carbons (Fsp3) is 0.200. The lowest BCUT2D eigenvalue weighted by atomic mass is 9.98. The lowest BCUT2D eigenvalue weighted by molar-refractivity contribution is -0.140. The molecular formula is C25H20ClFN2O4S. The Bertz CT molecular complexity index is 1350. The van der Waals surface area contributed by atoms with Crippen LogP contribution >= 0.6 is 11.6 Å². The number of carbonyl (C=O) groups excluding carboxylic acids is 1. The van der Waals surface area contributed by atoms with Gasteiger partial charge in [0.05, 0.1) is 27.5 Å². The second-order valence-corrected chi connectivity index (χ2v) is 10.2. The molecule has 1 aliphatic heterocycles. The highest BCUT2D eigenvalue weighted by atomic mass is 35.5. The zero-order valence-electron chi connectivity index (χ0n) is 17.9. The number of hydrogen-bond acceptors (Lipinski definition) is 5. The molecule has 3 aromatic carbocycles. The molecule has 4 rings (SSSR count). The summed E-state index contributed by atoms with van der Waals surface area (Å²) in [6.45, 7) is 0.295. The summed E-state index contributed by atoms with van der Waals surface area (Å²) in [5, 5.41) is 8.64. The van der Waals surface area contributed by atoms with Crippen molar-refractivity contribution in [2.45, 2.75) is 17.7 Å². The second kappa shape index (κ2) is 9.94. The molecule has 0 atom stereocenters. The minimum absolute atomic E-state index is 0.0812. The SMILES string of the molecule is N#Cc1ccc(-c2ccc(OC(=O)C3CCN(S(=O)(=O)c4ccc(F)c(Cl)c4)CC3)cc2)cc1. The van der Waals surface area contributed by atoms with Crippen molar-refractivity contribution in [1.29, 1.82) is 5.26 Å². The Morgan fingerprint density at radius 3 is 2.15 bits per heavy atom. The number of nitriles is 1. The Balaban J connectivity index is 1.35. The summed E-state index contributed by atoms with van der Waals surface area (Å²) in [4.78, 5) is 12.5. The van der Waals surface area contributed by atoms with Crippen molar-refractivity contribution in [2.75, 3.05) is 13.1 Å². The third kappa shape index (κ3) is 5.12. The first kappa shape index (κ1) is 23.9. The fourth-order valence-electron chi connectivity index (χ4n) is 3.77. The topological polar surface area (TPSA) is 87.5 Å². The molecule has 0 N–H and O–H groups in total. The Labute approximate surface area is 202 Å². The molecule has 0 amide bonds. The number of carbonyl (C=O) groups is 1. The van der Waals surface area contributed by atoms with Gasteiger partial charge in [-0.3, -0.25) is 4.79 Å². The molecule has 0 spiro atoms. The van der Waals surface area contributed by atoms with Gasteiger partial charge in [-0.05, 0) is 66.4 Å². The van der Waals surface area contributed by atoms with Gasteiger partial charge in [0, 0.05) is 13.1 Å². The van der Waals surface area contributed by atoms with Crippen LogP contribution in [0, 0.1) is 23.1 Å². The van der Waals surface area contributed by atoms with E-state index in [1.165, 1.54) is 10.4 Å². The molecule has 9 heteroatoms. The standard InChI is InChI=1S/C25H20ClFN2O4S/c26-23-15-22(9-10-24(23)27)34(31,32)29-13-11-20(12-14-29)25(30)33-21-7-5-19(6-8-21)18-3-1-17(16-28)2-4-18/h1-10,15,20H,11-14H2. The van der Waals surface area contributed by atoms with Gasteiger partial charge in [0.15, 0.2) is 0 Å². The van der Waals surface area contributed by atoms with Crippen LogP contribution in [0.15, 0.2) is 71.6 Å². The van der Waals surface area contributed by atoms with E-state index in [4.69, 9.17) is 21.6 Å². The molecule has 174 valence electrons. The van der Waals surface area contributed by atoms with Gasteiger partial charge < -0.3 is 4.74 Å². The average Bonchev–Trinajstić information content (AvgIpc) is 2.86. The molecule has 1 saturated heterocycles. The average molecular weight is 499 g/mol. The van der Waals surface area contributed by atoms with Crippen molar-refractivity contribution in [3.63, 3.8) is 0 Å². The van der Waals surface area contributed by atoms with E-state index in [2.05, 4.69) is 6.07 Å². The Kier molecular flexibility index (Phi) is 6.98. The molecule has 0 unspecified atom stereocenters. The first-order valence-electron chi connectivity index (χ1n) is 10.6. The van der Waals surface area contributed by atoms with Crippen molar-refractivity contribution < 1.29 is 22.3 Å². The van der Waals surface area contributed by atoms with Crippen molar-refractivity contribution in [1.82, 2.24) is 4.31 Å². The minimum atomic E-state index is -3.83. The summed E-state index contributed by atoms with van der Waals surface area (Å²) in [6, 6.07) is 19.6. The number of nitrogens with zero attached hydrogens (tertiary/aromatic N) is 2. The lowest BCUT2D eigenvalue weighted by Crippen LogP contribution is -2.41. The van der Waals surface area contributed by atoms with Gasteiger partial charge in [0.2, 0.25) is 10.0 Å². The Hall–Kier alpha value is -3.25. The fourth-order valence-corrected chi connectivity index (χ4v) is 5.51. The lowest BCUT2D eigenvalue weighted by Gasteiger charge is -2.30. The molecule has 1 fully saturated rings. The molecule has 3 aromatic rings. The highest BCUT2D eigenvalue weighted by molar-refractivity contribution is 7.89. The van der Waals surface area contributed by atoms with E-state index in [0.29, 0.717) is 24.2 Å². The number of ether oxygens (including phenoxy) is 1. The maximum atomic E-state index is 13.4. The van der Waals surface area contributed by atoms with E-state index >= 15 is 0 Å². The van der Waals surface area contributed by atoms with Gasteiger partial charge >= 0.3 is 5.97 Å². The van der Waals surface area contributed by atoms with E-state index < -0.39 is 27.7 Å². The van der Waals surface area contributed by atoms with Crippen LogP contribution in [-0.4, -0.2) is 31.8 Å². The monoisotopic (exact) mass is 498 g/mol. The van der Waals surface area contributed by atoms with Gasteiger partial charge in [-0.1, -0.05) is 35.9 Å². The third-order valence-electron chi connectivity index (χ3n) is 5.74. The Morgan fingerprint density at radius 2 is 1.59 bits per heavy atom. The number of hydrogen-bond donors (Lipinski definition) is 0. The van der Waals surface area contributed by atoms with Gasteiger partial charge in [0.1, 0.15) is 11.6 Å². The summed E-state index contributed by atoms with van der Waals surface area (Å²) < 4.78 is 45.8. The predicted octanol–water partition coefficient (Wildman–Crippen LogP) is 5.02. The van der Waals surface area contributed by atoms with Crippen LogP contribution in [0.5, 0.6) is 5.75 Å². The van der Waals surface area contributed by atoms with Crippen LogP contribution < -0.4 is 4.74 Å². The van der Waals surface area contributed by atoms with Gasteiger partial charge in [0.25, 0.3) is 0 Å². The molecule has 1 aliphatic rings. The highest BCUT2D eigenvalue weighted by Gasteiger charge is 2.33. The summed E-state index contributed by atoms with van der Waals surface area (Å²) in [6.07, 6.45) is 0.632. The molecule has 0 aromatic heterocycles. The molecule has 0 bridgehead atoms. The summed E-state index contributed by atoms with van der Waals surface area (Å²) >= 11 is 5.73. The zero-order valence-corrected chi connectivity index (χ0v) is 19.5. The highest BCUT2D eigenvalue weighted by Crippen LogP contribution is 2.28. The maximum absolute atomic E-state index is 13.4. The van der Waals surface area contributed by atoms with Crippen LogP contribution in [0.4, 0.5) is 4.39 Å². The molecule has 1 heterocycles. The van der Waals surface area contributed by atoms with E-state index in [1.54, 1.807) is 24.3 Å². The first-order valence-corrected chi connectivity index (χ1v) is 12.4. The van der Waals surface area contributed by atoms with Crippen molar-refractivity contribution in [2.24, 2.45) is 5.92 Å². The van der Waals surface area contributed by atoms with E-state index in [-0.39, 0.29) is 23.0 Å². The molecular weight excluding hydrogens is 479 g/mol. The molecule has 34 heavy (non-hydrogen) atoms. The van der Waals surface area contributed by atoms with Gasteiger partial charge in [-0.2, -0.15) is 9.57 Å². The number of sulfonamides is 1. The Morgan fingerprint density at radius 1 is 1.00 bits per heavy atom. The van der Waals surface area contributed by atoms with Crippen LogP contribution in [0.3, 0.4) is 0 Å². The van der Waals surface area contributed by atoms with Crippen LogP contribution in [-0.2, 0) is 14.8 Å². The smallest absolute Gasteiger partial charge is 0.314 e. The number of benzene rings is 3. The number of rotatable bonds is 5. The largest absolute Gasteiger partial charge is 0.426 e. The quantitative estimate of drug-likeness (QED) is 0.364. The van der Waals surface area contributed by atoms with Crippen LogP contribution in [0.1, 0.15) is 18.4 Å². The molecule has 0 aliphatic carbocycles. The third-order valence-corrected chi connectivity index (χ3v) is 7.92. The van der Waals surface area contributed by atoms with E-state index in [1.807, 2.05) is 24.3 Å². The maximum Gasteiger partial charge on any atom is 0.314 e. The molecule has 6 nitrogen and oxygen atoms in total. The minimum Gasteiger partial charge on any atom is -0.426 e. The van der Waals surface area contributed by atoms with E-state index in [9.17, 15) is 17.6 Å². The van der Waals surface area contributed by atoms with Gasteiger partial charge in [-0.15, -0.1) is 0 Å². The van der Waals surface area contributed by atoms with Crippen LogP contribution in [0.25, 0.3) is 11.1 Å². The van der Waals surface area contributed by atoms with Gasteiger partial charge in [-0.25, -0.2) is 12.8 Å². The summed E-state index contributed by atoms with van der Waals surface area (Å²) in [5.74, 6) is -1.13. The predicted molar refractivity (Wildman–Crippen MR) is 125 cm³/mol. The first-order chi connectivity index (χ1) is 16.3. The van der Waals surface area contributed by atoms with Crippen molar-refractivity contribution in [3.05, 3.63) is 83.1 Å². The van der Waals surface area contributed by atoms with E-state index in [0.717, 1.165) is 23.3 Å². The molecule has 0 radical (unpaired) electrons.